The molecule has 1 fully saturated rings. The number of nitrogens with one attached hydrogen (secondary N) is 1. The Morgan fingerprint density at radius 2 is 2.11 bits per heavy atom. The molecular weight excluding hydrogens is 238 g/mol. The van der Waals surface area contributed by atoms with Gasteiger partial charge in [-0.15, -0.1) is 0 Å². The van der Waals surface area contributed by atoms with Crippen LogP contribution in [0.25, 0.3) is 0 Å². The van der Waals surface area contributed by atoms with Gasteiger partial charge >= 0.3 is 11.6 Å². The lowest BCUT2D eigenvalue weighted by Crippen LogP contribution is -2.54. The Kier molecular flexibility index (Phi) is 3.18. The van der Waals surface area contributed by atoms with Crippen molar-refractivity contribution in [3.8, 4) is 0 Å². The molecule has 0 unspecified atom stereocenters. The zero-order chi connectivity index (χ0) is 13.2. The normalized spacial score (nSPS) is 16.7. The van der Waals surface area contributed by atoms with Gasteiger partial charge in [-0.3, -0.25) is 9.59 Å². The Morgan fingerprint density at radius 3 is 2.56 bits per heavy atom. The zero-order valence-corrected chi connectivity index (χ0v) is 9.64. The van der Waals surface area contributed by atoms with E-state index in [1.807, 2.05) is 0 Å². The van der Waals surface area contributed by atoms with E-state index in [4.69, 9.17) is 5.11 Å². The van der Waals surface area contributed by atoms with Crippen LogP contribution < -0.4 is 10.9 Å². The number of carboxylic acid groups (broad SMARTS) is 1. The number of rotatable bonds is 4. The largest absolute Gasteiger partial charge is 0.481 e. The van der Waals surface area contributed by atoms with Crippen molar-refractivity contribution in [2.24, 2.45) is 0 Å². The smallest absolute Gasteiger partial charge is 0.335 e. The molecule has 0 saturated heterocycles. The third kappa shape index (κ3) is 2.58. The first kappa shape index (κ1) is 12.3. The Morgan fingerprint density at radius 1 is 1.39 bits per heavy atom. The summed E-state index contributed by atoms with van der Waals surface area (Å²) in [6, 6.07) is 2.51. The molecule has 1 aromatic heterocycles. The minimum Gasteiger partial charge on any atom is -0.481 e. The summed E-state index contributed by atoms with van der Waals surface area (Å²) in [6.45, 7) is 0. The maximum atomic E-state index is 11.9. The van der Waals surface area contributed by atoms with E-state index in [1.165, 1.54) is 6.07 Å². The predicted octanol–water partition coefficient (Wildman–Crippen LogP) is 0.767. The lowest BCUT2D eigenvalue weighted by Gasteiger charge is -2.41. The van der Waals surface area contributed by atoms with Gasteiger partial charge in [-0.05, 0) is 25.3 Å². The second-order valence-electron chi connectivity index (χ2n) is 4.50. The standard InChI is InChI=1S/C12H13NO5/c14-9(15)6-12(4-1-5-12)13-11(17)8-2-3-10(16)18-7-8/h2-3,7H,1,4-6H2,(H,13,17)(H,14,15). The van der Waals surface area contributed by atoms with Gasteiger partial charge in [0, 0.05) is 6.07 Å². The van der Waals surface area contributed by atoms with Crippen LogP contribution in [-0.2, 0) is 4.79 Å². The molecule has 1 amide bonds. The summed E-state index contributed by atoms with van der Waals surface area (Å²) in [5.41, 5.74) is -0.972. The van der Waals surface area contributed by atoms with E-state index in [0.29, 0.717) is 12.8 Å². The van der Waals surface area contributed by atoms with Crippen LogP contribution in [-0.4, -0.2) is 22.5 Å². The van der Waals surface area contributed by atoms with Gasteiger partial charge in [0.05, 0.1) is 17.5 Å². The van der Waals surface area contributed by atoms with Gasteiger partial charge in [-0.2, -0.15) is 0 Å². The summed E-state index contributed by atoms with van der Waals surface area (Å²) >= 11 is 0. The molecular formula is C12H13NO5. The lowest BCUT2D eigenvalue weighted by molar-refractivity contribution is -0.139. The number of hydrogen-bond donors (Lipinski definition) is 2. The quantitative estimate of drug-likeness (QED) is 0.823. The number of hydrogen-bond acceptors (Lipinski definition) is 4. The van der Waals surface area contributed by atoms with Crippen molar-refractivity contribution in [3.05, 3.63) is 34.4 Å². The fourth-order valence-electron chi connectivity index (χ4n) is 2.04. The maximum absolute atomic E-state index is 11.9. The second kappa shape index (κ2) is 4.64. The number of carbonyl (C=O) groups is 2. The van der Waals surface area contributed by atoms with E-state index in [0.717, 1.165) is 18.8 Å². The highest BCUT2D eigenvalue weighted by Gasteiger charge is 2.40. The number of aliphatic carboxylic acids is 1. The molecule has 96 valence electrons. The topological polar surface area (TPSA) is 96.6 Å². The Bertz CT molecular complexity index is 509. The minimum atomic E-state index is -0.936. The third-order valence-electron chi connectivity index (χ3n) is 3.14. The molecule has 6 heteroatoms. The first-order valence-electron chi connectivity index (χ1n) is 5.64. The van der Waals surface area contributed by atoms with Crippen LogP contribution in [0.3, 0.4) is 0 Å². The van der Waals surface area contributed by atoms with E-state index in [9.17, 15) is 14.4 Å². The monoisotopic (exact) mass is 251 g/mol. The van der Waals surface area contributed by atoms with Crippen molar-refractivity contribution in [1.29, 1.82) is 0 Å². The number of carbonyl (C=O) groups excluding carboxylic acids is 1. The lowest BCUT2D eigenvalue weighted by atomic mass is 9.74. The summed E-state index contributed by atoms with van der Waals surface area (Å²) in [6.07, 6.45) is 3.20. The summed E-state index contributed by atoms with van der Waals surface area (Å²) in [5, 5.41) is 11.5. The van der Waals surface area contributed by atoms with Crippen LogP contribution in [0.1, 0.15) is 36.0 Å². The Balaban J connectivity index is 2.08. The van der Waals surface area contributed by atoms with Crippen LogP contribution in [0.4, 0.5) is 0 Å². The molecule has 1 aliphatic carbocycles. The van der Waals surface area contributed by atoms with Gasteiger partial charge in [0.2, 0.25) is 0 Å². The van der Waals surface area contributed by atoms with Crippen molar-refractivity contribution in [2.75, 3.05) is 0 Å². The van der Waals surface area contributed by atoms with Crippen LogP contribution in [0.15, 0.2) is 27.6 Å². The molecule has 0 aliphatic heterocycles. The van der Waals surface area contributed by atoms with Gasteiger partial charge < -0.3 is 14.8 Å². The molecule has 1 aromatic rings. The van der Waals surface area contributed by atoms with Gasteiger partial charge in [-0.1, -0.05) is 0 Å². The van der Waals surface area contributed by atoms with Crippen LogP contribution in [0, 0.1) is 0 Å². The zero-order valence-electron chi connectivity index (χ0n) is 9.64. The van der Waals surface area contributed by atoms with Gasteiger partial charge in [0.1, 0.15) is 6.26 Å². The highest BCUT2D eigenvalue weighted by atomic mass is 16.4. The third-order valence-corrected chi connectivity index (χ3v) is 3.14. The van der Waals surface area contributed by atoms with Crippen molar-refractivity contribution < 1.29 is 19.1 Å². The fourth-order valence-corrected chi connectivity index (χ4v) is 2.04. The molecule has 18 heavy (non-hydrogen) atoms. The molecule has 1 aliphatic rings. The Labute approximate surface area is 103 Å². The average Bonchev–Trinajstić information content (AvgIpc) is 2.26. The molecule has 0 aromatic carbocycles. The molecule has 0 bridgehead atoms. The molecule has 1 heterocycles. The van der Waals surface area contributed by atoms with E-state index in [-0.39, 0.29) is 12.0 Å². The Hall–Kier alpha value is -2.11. The first-order valence-corrected chi connectivity index (χ1v) is 5.64. The van der Waals surface area contributed by atoms with E-state index >= 15 is 0 Å². The average molecular weight is 251 g/mol. The summed E-state index contributed by atoms with van der Waals surface area (Å²) in [7, 11) is 0. The predicted molar refractivity (Wildman–Crippen MR) is 61.3 cm³/mol. The summed E-state index contributed by atoms with van der Waals surface area (Å²) < 4.78 is 4.59. The molecule has 0 radical (unpaired) electrons. The molecule has 2 rings (SSSR count). The van der Waals surface area contributed by atoms with Crippen molar-refractivity contribution in [1.82, 2.24) is 5.32 Å². The highest BCUT2D eigenvalue weighted by Crippen LogP contribution is 2.35. The SMILES string of the molecule is O=C(O)CC1(NC(=O)c2ccc(=O)oc2)CCC1. The highest BCUT2D eigenvalue weighted by molar-refractivity contribution is 5.94. The molecule has 0 spiro atoms. The molecule has 6 nitrogen and oxygen atoms in total. The van der Waals surface area contributed by atoms with E-state index in [1.54, 1.807) is 0 Å². The van der Waals surface area contributed by atoms with Crippen LogP contribution in [0.5, 0.6) is 0 Å². The summed E-state index contributed by atoms with van der Waals surface area (Å²) in [5.74, 6) is -1.35. The van der Waals surface area contributed by atoms with Crippen LogP contribution in [0.2, 0.25) is 0 Å². The maximum Gasteiger partial charge on any atom is 0.335 e. The molecule has 2 N–H and O–H groups in total. The van der Waals surface area contributed by atoms with Gasteiger partial charge in [0.25, 0.3) is 5.91 Å². The summed E-state index contributed by atoms with van der Waals surface area (Å²) in [4.78, 5) is 33.4. The molecule has 0 atom stereocenters. The van der Waals surface area contributed by atoms with Crippen molar-refractivity contribution in [3.63, 3.8) is 0 Å². The fraction of sp³-hybridized carbons (Fsp3) is 0.417. The van der Waals surface area contributed by atoms with E-state index < -0.39 is 23.0 Å². The first-order chi connectivity index (χ1) is 8.51. The van der Waals surface area contributed by atoms with Gasteiger partial charge in [-0.25, -0.2) is 4.79 Å². The van der Waals surface area contributed by atoms with Gasteiger partial charge in [0.15, 0.2) is 0 Å². The number of carboxylic acids is 1. The van der Waals surface area contributed by atoms with Crippen molar-refractivity contribution in [2.45, 2.75) is 31.2 Å². The van der Waals surface area contributed by atoms with Crippen LogP contribution >= 0.6 is 0 Å². The van der Waals surface area contributed by atoms with E-state index in [2.05, 4.69) is 9.73 Å². The minimum absolute atomic E-state index is 0.0878. The number of amides is 1. The molecule has 1 saturated carbocycles. The van der Waals surface area contributed by atoms with Crippen molar-refractivity contribution >= 4 is 11.9 Å². The second-order valence-corrected chi connectivity index (χ2v) is 4.50.